The second-order valence-corrected chi connectivity index (χ2v) is 6.08. The Morgan fingerprint density at radius 3 is 2.75 bits per heavy atom. The van der Waals surface area contributed by atoms with E-state index in [1.807, 2.05) is 12.1 Å². The first-order chi connectivity index (χ1) is 9.54. The minimum atomic E-state index is -0.617. The van der Waals surface area contributed by atoms with Crippen LogP contribution in [-0.4, -0.2) is 0 Å². The average Bonchev–Trinajstić information content (AvgIpc) is 2.96. The Bertz CT molecular complexity index is 641. The zero-order valence-electron chi connectivity index (χ0n) is 10.9. The predicted molar refractivity (Wildman–Crippen MR) is 76.6 cm³/mol. The van der Waals surface area contributed by atoms with Crippen molar-refractivity contribution in [3.63, 3.8) is 0 Å². The van der Waals surface area contributed by atoms with Gasteiger partial charge < -0.3 is 9.73 Å². The van der Waals surface area contributed by atoms with Crippen molar-refractivity contribution in [3.8, 4) is 0 Å². The van der Waals surface area contributed by atoms with Crippen molar-refractivity contribution >= 4 is 21.6 Å². The van der Waals surface area contributed by atoms with E-state index >= 15 is 0 Å². The van der Waals surface area contributed by atoms with Crippen LogP contribution in [0, 0.1) is 17.6 Å². The largest absolute Gasteiger partial charge is 0.464 e. The second-order valence-electron chi connectivity index (χ2n) is 5.22. The summed E-state index contributed by atoms with van der Waals surface area (Å²) in [5.41, 5.74) is 0.246. The molecule has 20 heavy (non-hydrogen) atoms. The fourth-order valence-corrected chi connectivity index (χ4v) is 2.59. The molecular formula is C15H14BrF2NO. The van der Waals surface area contributed by atoms with Gasteiger partial charge in [0.2, 0.25) is 0 Å². The number of benzene rings is 1. The predicted octanol–water partition coefficient (Wildman–Crippen LogP) is 5.06. The molecule has 106 valence electrons. The molecule has 1 aliphatic rings. The number of nitrogens with one attached hydrogen (secondary N) is 1. The maximum Gasteiger partial charge on any atom is 0.149 e. The molecule has 3 rings (SSSR count). The number of anilines is 1. The molecule has 0 bridgehead atoms. The standard InChI is InChI=1S/C15H14BrF2NO/c1-8-4-10(8)15-3-2-9(20-15)7-19-14-5-11(16)12(17)6-13(14)18/h2-3,5-6,8,10,19H,4,7H2,1H3. The lowest BCUT2D eigenvalue weighted by Crippen LogP contribution is -2.01. The van der Waals surface area contributed by atoms with Crippen molar-refractivity contribution in [2.24, 2.45) is 5.92 Å². The zero-order valence-corrected chi connectivity index (χ0v) is 12.5. The van der Waals surface area contributed by atoms with Crippen LogP contribution < -0.4 is 5.32 Å². The van der Waals surface area contributed by atoms with Gasteiger partial charge in [0.25, 0.3) is 0 Å². The van der Waals surface area contributed by atoms with Gasteiger partial charge in [-0.15, -0.1) is 0 Å². The maximum atomic E-state index is 13.6. The summed E-state index contributed by atoms with van der Waals surface area (Å²) in [4.78, 5) is 0. The highest BCUT2D eigenvalue weighted by atomic mass is 79.9. The second kappa shape index (κ2) is 5.20. The first-order valence-electron chi connectivity index (χ1n) is 6.51. The molecule has 1 aromatic carbocycles. The molecule has 2 unspecified atom stereocenters. The van der Waals surface area contributed by atoms with Crippen molar-refractivity contribution < 1.29 is 13.2 Å². The van der Waals surface area contributed by atoms with Crippen LogP contribution in [0.1, 0.15) is 30.8 Å². The van der Waals surface area contributed by atoms with E-state index < -0.39 is 11.6 Å². The molecule has 0 saturated heterocycles. The minimum absolute atomic E-state index is 0.230. The van der Waals surface area contributed by atoms with Gasteiger partial charge in [0.05, 0.1) is 16.7 Å². The van der Waals surface area contributed by atoms with Crippen LogP contribution in [0.4, 0.5) is 14.5 Å². The average molecular weight is 342 g/mol. The Morgan fingerprint density at radius 2 is 2.05 bits per heavy atom. The van der Waals surface area contributed by atoms with Gasteiger partial charge >= 0.3 is 0 Å². The Hall–Kier alpha value is -1.36. The minimum Gasteiger partial charge on any atom is -0.464 e. The maximum absolute atomic E-state index is 13.6. The van der Waals surface area contributed by atoms with Gasteiger partial charge in [0.15, 0.2) is 0 Å². The lowest BCUT2D eigenvalue weighted by Gasteiger charge is -2.07. The van der Waals surface area contributed by atoms with Crippen LogP contribution in [0.2, 0.25) is 0 Å². The van der Waals surface area contributed by atoms with Crippen molar-refractivity contribution in [1.29, 1.82) is 0 Å². The quantitative estimate of drug-likeness (QED) is 0.786. The van der Waals surface area contributed by atoms with Gasteiger partial charge in [0, 0.05) is 12.0 Å². The Morgan fingerprint density at radius 1 is 1.30 bits per heavy atom. The Kier molecular flexibility index (Phi) is 3.54. The van der Waals surface area contributed by atoms with E-state index in [4.69, 9.17) is 4.42 Å². The van der Waals surface area contributed by atoms with E-state index in [-0.39, 0.29) is 10.2 Å². The SMILES string of the molecule is CC1CC1c1ccc(CNc2cc(Br)c(F)cc2F)o1. The fourth-order valence-electron chi connectivity index (χ4n) is 2.25. The summed E-state index contributed by atoms with van der Waals surface area (Å²) in [5.74, 6) is 1.73. The molecule has 1 aliphatic carbocycles. The fraction of sp³-hybridized carbons (Fsp3) is 0.333. The van der Waals surface area contributed by atoms with E-state index in [1.54, 1.807) is 0 Å². The van der Waals surface area contributed by atoms with Crippen LogP contribution in [0.5, 0.6) is 0 Å². The zero-order chi connectivity index (χ0) is 14.3. The molecule has 0 aliphatic heterocycles. The molecule has 0 spiro atoms. The van der Waals surface area contributed by atoms with Crippen molar-refractivity contribution in [3.05, 3.63) is 51.9 Å². The third-order valence-corrected chi connectivity index (χ3v) is 4.23. The molecule has 1 N–H and O–H groups in total. The topological polar surface area (TPSA) is 25.2 Å². The van der Waals surface area contributed by atoms with Gasteiger partial charge in [-0.25, -0.2) is 8.78 Å². The van der Waals surface area contributed by atoms with E-state index in [0.29, 0.717) is 18.4 Å². The lowest BCUT2D eigenvalue weighted by atomic mass is 10.2. The first-order valence-corrected chi connectivity index (χ1v) is 7.31. The van der Waals surface area contributed by atoms with Gasteiger partial charge in [0.1, 0.15) is 23.2 Å². The first kappa shape index (κ1) is 13.6. The normalized spacial score (nSPS) is 21.0. The summed E-state index contributed by atoms with van der Waals surface area (Å²) in [6, 6.07) is 6.11. The molecule has 2 nitrogen and oxygen atoms in total. The number of hydrogen-bond acceptors (Lipinski definition) is 2. The van der Waals surface area contributed by atoms with Gasteiger partial charge in [-0.2, -0.15) is 0 Å². The van der Waals surface area contributed by atoms with Gasteiger partial charge in [-0.3, -0.25) is 0 Å². The van der Waals surface area contributed by atoms with Gasteiger partial charge in [-0.05, 0) is 46.5 Å². The van der Waals surface area contributed by atoms with Crippen LogP contribution in [0.25, 0.3) is 0 Å². The molecule has 1 heterocycles. The lowest BCUT2D eigenvalue weighted by molar-refractivity contribution is 0.467. The molecule has 0 amide bonds. The smallest absolute Gasteiger partial charge is 0.149 e. The summed E-state index contributed by atoms with van der Waals surface area (Å²) in [6.07, 6.45) is 1.17. The molecule has 1 fully saturated rings. The number of hydrogen-bond donors (Lipinski definition) is 1. The van der Waals surface area contributed by atoms with E-state index in [2.05, 4.69) is 28.2 Å². The van der Waals surface area contributed by atoms with Crippen molar-refractivity contribution in [1.82, 2.24) is 0 Å². The van der Waals surface area contributed by atoms with Crippen LogP contribution in [0.15, 0.2) is 33.2 Å². The molecule has 1 saturated carbocycles. The highest BCUT2D eigenvalue weighted by Gasteiger charge is 2.36. The van der Waals surface area contributed by atoms with E-state index in [0.717, 1.165) is 17.6 Å². The summed E-state index contributed by atoms with van der Waals surface area (Å²) < 4.78 is 32.7. The van der Waals surface area contributed by atoms with E-state index in [1.165, 1.54) is 12.5 Å². The summed E-state index contributed by atoms with van der Waals surface area (Å²) in [7, 11) is 0. The van der Waals surface area contributed by atoms with Crippen molar-refractivity contribution in [2.75, 3.05) is 5.32 Å². The molecule has 2 atom stereocenters. The molecule has 0 radical (unpaired) electrons. The van der Waals surface area contributed by atoms with E-state index in [9.17, 15) is 8.78 Å². The highest BCUT2D eigenvalue weighted by Crippen LogP contribution is 2.47. The Balaban J connectivity index is 1.67. The molecule has 2 aromatic rings. The van der Waals surface area contributed by atoms with Crippen LogP contribution in [-0.2, 0) is 6.54 Å². The van der Waals surface area contributed by atoms with Crippen LogP contribution >= 0.6 is 15.9 Å². The van der Waals surface area contributed by atoms with Crippen LogP contribution in [0.3, 0.4) is 0 Å². The monoisotopic (exact) mass is 341 g/mol. The number of rotatable bonds is 4. The summed E-state index contributed by atoms with van der Waals surface area (Å²) >= 11 is 3.04. The highest BCUT2D eigenvalue weighted by molar-refractivity contribution is 9.10. The number of halogens is 3. The Labute approximate surface area is 124 Å². The molecule has 1 aromatic heterocycles. The summed E-state index contributed by atoms with van der Waals surface area (Å²) in [5, 5.41) is 2.92. The third-order valence-electron chi connectivity index (χ3n) is 3.62. The van der Waals surface area contributed by atoms with Crippen molar-refractivity contribution in [2.45, 2.75) is 25.8 Å². The van der Waals surface area contributed by atoms with Gasteiger partial charge in [-0.1, -0.05) is 6.92 Å². The molecule has 5 heteroatoms. The summed E-state index contributed by atoms with van der Waals surface area (Å²) in [6.45, 7) is 2.56. The molecular weight excluding hydrogens is 328 g/mol. The third kappa shape index (κ3) is 2.73. The number of furan rings is 1.